The summed E-state index contributed by atoms with van der Waals surface area (Å²) in [6.07, 6.45) is 4.22. The smallest absolute Gasteiger partial charge is 0.204 e. The summed E-state index contributed by atoms with van der Waals surface area (Å²) in [5, 5.41) is 41.6. The zero-order valence-corrected chi connectivity index (χ0v) is 16.8. The normalized spacial score (nSPS) is 11.0. The highest BCUT2D eigenvalue weighted by atomic mass is 16.4. The molecule has 0 saturated heterocycles. The van der Waals surface area contributed by atoms with E-state index in [-0.39, 0.29) is 51.8 Å². The molecule has 3 rings (SSSR count). The molecule has 0 aliphatic rings. The molecule has 0 aliphatic carbocycles. The van der Waals surface area contributed by atoms with Gasteiger partial charge in [-0.05, 0) is 52.7 Å². The van der Waals surface area contributed by atoms with Gasteiger partial charge in [-0.1, -0.05) is 23.3 Å². The number of fused-ring (bicyclic) bond motifs is 2. The molecule has 0 unspecified atom stereocenters. The van der Waals surface area contributed by atoms with E-state index in [2.05, 4.69) is 0 Å². The zero-order chi connectivity index (χ0) is 21.5. The van der Waals surface area contributed by atoms with Crippen molar-refractivity contribution in [2.45, 2.75) is 40.5 Å². The summed E-state index contributed by atoms with van der Waals surface area (Å²) in [5.74, 6) is -1.51. The number of benzene rings is 2. The first-order valence-corrected chi connectivity index (χ1v) is 9.27. The average Bonchev–Trinajstić information content (AvgIpc) is 2.64. The molecule has 2 aromatic carbocycles. The highest BCUT2D eigenvalue weighted by Crippen LogP contribution is 2.42. The minimum absolute atomic E-state index is 0.0168. The van der Waals surface area contributed by atoms with Crippen LogP contribution in [0.2, 0.25) is 0 Å². The maximum Gasteiger partial charge on any atom is 0.204 e. The summed E-state index contributed by atoms with van der Waals surface area (Å²) in [5.41, 5.74) is 1.81. The van der Waals surface area contributed by atoms with Gasteiger partial charge in [-0.25, -0.2) is 0 Å². The Labute approximate surface area is 167 Å². The third-order valence-corrected chi connectivity index (χ3v) is 4.81. The Balaban J connectivity index is 2.51. The number of hydrogen-bond donors (Lipinski definition) is 4. The van der Waals surface area contributed by atoms with Gasteiger partial charge in [-0.3, -0.25) is 4.79 Å². The van der Waals surface area contributed by atoms with Crippen LogP contribution in [0.15, 0.2) is 44.6 Å². The van der Waals surface area contributed by atoms with Crippen molar-refractivity contribution in [3.63, 3.8) is 0 Å². The Morgan fingerprint density at radius 3 is 2.00 bits per heavy atom. The molecule has 6 heteroatoms. The van der Waals surface area contributed by atoms with E-state index in [1.165, 1.54) is 12.1 Å². The largest absolute Gasteiger partial charge is 0.507 e. The molecule has 0 radical (unpaired) electrons. The number of aromatic hydroxyl groups is 4. The number of phenols is 4. The van der Waals surface area contributed by atoms with Crippen molar-refractivity contribution in [3.05, 3.63) is 56.8 Å². The second-order valence-electron chi connectivity index (χ2n) is 7.57. The highest BCUT2D eigenvalue weighted by molar-refractivity contribution is 5.99. The van der Waals surface area contributed by atoms with E-state index in [9.17, 15) is 25.2 Å². The summed E-state index contributed by atoms with van der Waals surface area (Å²) < 4.78 is 5.77. The van der Waals surface area contributed by atoms with Gasteiger partial charge in [-0.15, -0.1) is 0 Å². The van der Waals surface area contributed by atoms with Crippen molar-refractivity contribution in [3.8, 4) is 23.0 Å². The molecule has 0 amide bonds. The number of hydrogen-bond acceptors (Lipinski definition) is 6. The summed E-state index contributed by atoms with van der Waals surface area (Å²) in [6, 6.07) is 2.51. The Morgan fingerprint density at radius 1 is 0.828 bits per heavy atom. The van der Waals surface area contributed by atoms with Crippen LogP contribution in [0.1, 0.15) is 38.8 Å². The van der Waals surface area contributed by atoms with Crippen LogP contribution in [0.5, 0.6) is 23.0 Å². The van der Waals surface area contributed by atoms with E-state index >= 15 is 0 Å². The summed E-state index contributed by atoms with van der Waals surface area (Å²) in [6.45, 7) is 7.60. The quantitative estimate of drug-likeness (QED) is 0.287. The Morgan fingerprint density at radius 2 is 1.41 bits per heavy atom. The lowest BCUT2D eigenvalue weighted by Gasteiger charge is -2.15. The topological polar surface area (TPSA) is 111 Å². The molecule has 0 spiro atoms. The summed E-state index contributed by atoms with van der Waals surface area (Å²) >= 11 is 0. The van der Waals surface area contributed by atoms with Crippen LogP contribution in [-0.2, 0) is 12.8 Å². The van der Waals surface area contributed by atoms with Gasteiger partial charge in [0.05, 0.1) is 5.39 Å². The lowest BCUT2D eigenvalue weighted by Crippen LogP contribution is -2.06. The molecular weight excluding hydrogens is 372 g/mol. The fourth-order valence-corrected chi connectivity index (χ4v) is 3.21. The molecule has 3 aromatic rings. The monoisotopic (exact) mass is 396 g/mol. The molecule has 1 heterocycles. The second kappa shape index (κ2) is 7.54. The van der Waals surface area contributed by atoms with Crippen LogP contribution >= 0.6 is 0 Å². The van der Waals surface area contributed by atoms with Crippen molar-refractivity contribution in [1.82, 2.24) is 0 Å². The minimum Gasteiger partial charge on any atom is -0.507 e. The third kappa shape index (κ3) is 3.53. The van der Waals surface area contributed by atoms with Gasteiger partial charge in [0.1, 0.15) is 22.5 Å². The minimum atomic E-state index is -0.567. The Bertz CT molecular complexity index is 1240. The van der Waals surface area contributed by atoms with Crippen molar-refractivity contribution >= 4 is 21.9 Å². The maximum atomic E-state index is 13.1. The van der Waals surface area contributed by atoms with Crippen LogP contribution in [-0.4, -0.2) is 20.4 Å². The maximum absolute atomic E-state index is 13.1. The van der Waals surface area contributed by atoms with Gasteiger partial charge in [0.2, 0.25) is 11.2 Å². The molecule has 0 atom stereocenters. The van der Waals surface area contributed by atoms with E-state index in [0.717, 1.165) is 11.1 Å². The van der Waals surface area contributed by atoms with E-state index < -0.39 is 16.9 Å². The Kier molecular flexibility index (Phi) is 5.29. The molecule has 6 nitrogen and oxygen atoms in total. The number of phenolic OH excluding ortho intramolecular Hbond substituents is 4. The summed E-state index contributed by atoms with van der Waals surface area (Å²) in [7, 11) is 0. The molecule has 0 bridgehead atoms. The van der Waals surface area contributed by atoms with Crippen LogP contribution in [0, 0.1) is 0 Å². The van der Waals surface area contributed by atoms with Crippen LogP contribution in [0.4, 0.5) is 0 Å². The lowest BCUT2D eigenvalue weighted by molar-refractivity contribution is 0.401. The molecule has 0 saturated carbocycles. The van der Waals surface area contributed by atoms with E-state index in [0.29, 0.717) is 5.56 Å². The molecule has 152 valence electrons. The fourth-order valence-electron chi connectivity index (χ4n) is 3.21. The van der Waals surface area contributed by atoms with E-state index in [4.69, 9.17) is 4.42 Å². The fraction of sp³-hybridized carbons (Fsp3) is 0.261. The first kappa shape index (κ1) is 20.3. The first-order chi connectivity index (χ1) is 13.6. The van der Waals surface area contributed by atoms with E-state index in [1.807, 2.05) is 39.8 Å². The van der Waals surface area contributed by atoms with Gasteiger partial charge >= 0.3 is 0 Å². The van der Waals surface area contributed by atoms with Crippen LogP contribution < -0.4 is 5.43 Å². The second-order valence-corrected chi connectivity index (χ2v) is 7.57. The van der Waals surface area contributed by atoms with Crippen molar-refractivity contribution in [2.24, 2.45) is 0 Å². The van der Waals surface area contributed by atoms with Gasteiger partial charge in [0.25, 0.3) is 0 Å². The lowest BCUT2D eigenvalue weighted by atomic mass is 9.96. The SMILES string of the molecule is CC(C)=CCc1c(O)c(CC=C(C)C)c2oc3c(O)c(O)ccc3c(=O)c2c1O. The van der Waals surface area contributed by atoms with Crippen LogP contribution in [0.25, 0.3) is 21.9 Å². The average molecular weight is 396 g/mol. The van der Waals surface area contributed by atoms with Crippen molar-refractivity contribution in [2.75, 3.05) is 0 Å². The van der Waals surface area contributed by atoms with Gasteiger partial charge in [-0.2, -0.15) is 0 Å². The van der Waals surface area contributed by atoms with Gasteiger partial charge < -0.3 is 24.8 Å². The zero-order valence-electron chi connectivity index (χ0n) is 16.8. The predicted molar refractivity (Wildman–Crippen MR) is 113 cm³/mol. The molecular formula is C23H24O6. The standard InChI is InChI=1S/C23H24O6/c1-11(2)5-7-13-18(25)14(8-6-12(3)4)22-17(19(13)26)20(27)15-9-10-16(24)21(28)23(15)29-22/h5-6,9-10,24-26,28H,7-8H2,1-4H3. The first-order valence-electron chi connectivity index (χ1n) is 9.27. The number of allylic oxidation sites excluding steroid dienone is 4. The Hall–Kier alpha value is -3.41. The summed E-state index contributed by atoms with van der Waals surface area (Å²) in [4.78, 5) is 13.1. The number of rotatable bonds is 4. The van der Waals surface area contributed by atoms with Crippen LogP contribution in [0.3, 0.4) is 0 Å². The van der Waals surface area contributed by atoms with Gasteiger partial charge in [0.15, 0.2) is 11.3 Å². The van der Waals surface area contributed by atoms with Crippen molar-refractivity contribution in [1.29, 1.82) is 0 Å². The van der Waals surface area contributed by atoms with Gasteiger partial charge in [0, 0.05) is 11.1 Å². The predicted octanol–water partition coefficient (Wildman–Crippen LogP) is 4.79. The highest BCUT2D eigenvalue weighted by Gasteiger charge is 2.24. The molecule has 1 aromatic heterocycles. The molecule has 4 N–H and O–H groups in total. The van der Waals surface area contributed by atoms with E-state index in [1.54, 1.807) is 0 Å². The molecule has 0 fully saturated rings. The van der Waals surface area contributed by atoms with Crippen molar-refractivity contribution < 1.29 is 24.8 Å². The third-order valence-electron chi connectivity index (χ3n) is 4.81. The molecule has 0 aliphatic heterocycles. The molecule has 29 heavy (non-hydrogen) atoms.